The van der Waals surface area contributed by atoms with E-state index < -0.39 is 18.0 Å². The van der Waals surface area contributed by atoms with Crippen LogP contribution in [0.4, 0.5) is 8.78 Å². The minimum Gasteiger partial charge on any atom is -0.235 e. The minimum absolute atomic E-state index is 0.896. The molecule has 6 heteroatoms. The number of nitrogens with one attached hydrogen (secondary N) is 1. The topological polar surface area (TPSA) is 55.2 Å². The molecule has 0 aliphatic carbocycles. The summed E-state index contributed by atoms with van der Waals surface area (Å²) in [6, 6.07) is 0. The maximum atomic E-state index is 11.0. The SMILES string of the molecule is O=[N+]([O-])NCC(F)F. The maximum absolute atomic E-state index is 11.0. The average Bonchev–Trinajstić information content (AvgIpc) is 1.61. The Kier molecular flexibility index (Phi) is 2.75. The summed E-state index contributed by atoms with van der Waals surface area (Å²) in [5, 5.41) is 8.26. The van der Waals surface area contributed by atoms with Crippen molar-refractivity contribution in [1.82, 2.24) is 5.43 Å². The lowest BCUT2D eigenvalue weighted by Crippen LogP contribution is -2.26. The first-order chi connectivity index (χ1) is 3.63. The molecule has 0 aromatic rings. The zero-order valence-corrected chi connectivity index (χ0v) is 3.80. The van der Waals surface area contributed by atoms with Gasteiger partial charge in [0.15, 0.2) is 5.03 Å². The number of nitro groups is 1. The molecule has 0 amide bonds. The van der Waals surface area contributed by atoms with E-state index in [-0.39, 0.29) is 0 Å². The molecule has 0 unspecified atom stereocenters. The lowest BCUT2D eigenvalue weighted by molar-refractivity contribution is -0.545. The van der Waals surface area contributed by atoms with E-state index >= 15 is 0 Å². The summed E-state index contributed by atoms with van der Waals surface area (Å²) in [5.41, 5.74) is 1.32. The Morgan fingerprint density at radius 3 is 2.38 bits per heavy atom. The van der Waals surface area contributed by atoms with Crippen molar-refractivity contribution in [3.63, 3.8) is 0 Å². The first-order valence-electron chi connectivity index (χ1n) is 1.79. The van der Waals surface area contributed by atoms with Crippen LogP contribution in [0.25, 0.3) is 0 Å². The molecule has 0 aromatic carbocycles. The third-order valence-corrected chi connectivity index (χ3v) is 0.375. The number of alkyl halides is 2. The van der Waals surface area contributed by atoms with E-state index in [0.29, 0.717) is 0 Å². The molecule has 0 radical (unpaired) electrons. The van der Waals surface area contributed by atoms with Gasteiger partial charge in [0.2, 0.25) is 0 Å². The molecule has 0 aliphatic rings. The molecule has 0 spiro atoms. The molecule has 4 nitrogen and oxygen atoms in total. The van der Waals surface area contributed by atoms with E-state index in [1.165, 1.54) is 5.43 Å². The summed E-state index contributed by atoms with van der Waals surface area (Å²) in [5.74, 6) is 0. The van der Waals surface area contributed by atoms with Crippen molar-refractivity contribution < 1.29 is 13.8 Å². The van der Waals surface area contributed by atoms with Crippen molar-refractivity contribution in [2.75, 3.05) is 6.54 Å². The van der Waals surface area contributed by atoms with E-state index in [1.54, 1.807) is 0 Å². The normalized spacial score (nSPS) is 9.38. The molecule has 1 N–H and O–H groups in total. The first-order valence-corrected chi connectivity index (χ1v) is 1.79. The number of hydrazine groups is 1. The second kappa shape index (κ2) is 3.11. The van der Waals surface area contributed by atoms with Gasteiger partial charge in [-0.1, -0.05) is 0 Å². The van der Waals surface area contributed by atoms with Crippen molar-refractivity contribution >= 4 is 0 Å². The molecule has 0 bridgehead atoms. The Hall–Kier alpha value is -0.940. The van der Waals surface area contributed by atoms with Gasteiger partial charge in [0.05, 0.1) is 0 Å². The van der Waals surface area contributed by atoms with Gasteiger partial charge in [-0.2, -0.15) is 0 Å². The van der Waals surface area contributed by atoms with Gasteiger partial charge in [-0.15, -0.1) is 5.43 Å². The van der Waals surface area contributed by atoms with Crippen LogP contribution in [0.15, 0.2) is 0 Å². The number of hydrogen-bond acceptors (Lipinski definition) is 2. The van der Waals surface area contributed by atoms with Gasteiger partial charge in [-0.25, -0.2) is 18.9 Å². The van der Waals surface area contributed by atoms with Crippen LogP contribution in [-0.4, -0.2) is 18.0 Å². The van der Waals surface area contributed by atoms with Crippen LogP contribution in [0.5, 0.6) is 0 Å². The molecule has 0 rings (SSSR count). The van der Waals surface area contributed by atoms with Crippen molar-refractivity contribution in [1.29, 1.82) is 0 Å². The molecule has 48 valence electrons. The molecule has 0 aromatic heterocycles. The molecule has 0 heterocycles. The van der Waals surface area contributed by atoms with Gasteiger partial charge in [-0.3, -0.25) is 0 Å². The van der Waals surface area contributed by atoms with Gasteiger partial charge in [0, 0.05) is 0 Å². The zero-order chi connectivity index (χ0) is 6.57. The van der Waals surface area contributed by atoms with Crippen molar-refractivity contribution in [3.05, 3.63) is 10.1 Å². The first kappa shape index (κ1) is 7.06. The van der Waals surface area contributed by atoms with Crippen LogP contribution in [0.2, 0.25) is 0 Å². The lowest BCUT2D eigenvalue weighted by atomic mass is 10.7. The van der Waals surface area contributed by atoms with E-state index in [4.69, 9.17) is 0 Å². The zero-order valence-electron chi connectivity index (χ0n) is 3.80. The highest BCUT2D eigenvalue weighted by Gasteiger charge is 2.03. The maximum Gasteiger partial charge on any atom is 0.261 e. The molecular weight excluding hydrogens is 122 g/mol. The molecule has 0 saturated heterocycles. The third-order valence-electron chi connectivity index (χ3n) is 0.375. The van der Waals surface area contributed by atoms with Gasteiger partial charge < -0.3 is 0 Å². The predicted molar refractivity (Wildman–Crippen MR) is 21.0 cm³/mol. The molecule has 8 heavy (non-hydrogen) atoms. The highest BCUT2D eigenvalue weighted by molar-refractivity contribution is 4.34. The summed E-state index contributed by atoms with van der Waals surface area (Å²) in [4.78, 5) is 9.26. The van der Waals surface area contributed by atoms with Crippen molar-refractivity contribution in [3.8, 4) is 0 Å². The van der Waals surface area contributed by atoms with Gasteiger partial charge >= 0.3 is 0 Å². The predicted octanol–water partition coefficient (Wildman–Crippen LogP) is 0.0328. The second-order valence-corrected chi connectivity index (χ2v) is 1.01. The number of hydrogen-bond donors (Lipinski definition) is 1. The molecule has 0 saturated carbocycles. The molecule has 0 atom stereocenters. The minimum atomic E-state index is -2.67. The monoisotopic (exact) mass is 126 g/mol. The van der Waals surface area contributed by atoms with Gasteiger partial charge in [0.1, 0.15) is 6.54 Å². The van der Waals surface area contributed by atoms with Crippen molar-refractivity contribution in [2.24, 2.45) is 0 Å². The highest BCUT2D eigenvalue weighted by Crippen LogP contribution is 1.86. The molecular formula is C2H4F2N2O2. The van der Waals surface area contributed by atoms with E-state index in [1.807, 2.05) is 0 Å². The Morgan fingerprint density at radius 1 is 1.75 bits per heavy atom. The molecule has 0 fully saturated rings. The van der Waals surface area contributed by atoms with E-state index in [0.717, 1.165) is 0 Å². The fraction of sp³-hybridized carbons (Fsp3) is 1.00. The summed E-state index contributed by atoms with van der Waals surface area (Å²) < 4.78 is 22.1. The number of rotatable bonds is 3. The van der Waals surface area contributed by atoms with Gasteiger partial charge in [-0.05, 0) is 0 Å². The molecule has 0 aliphatic heterocycles. The summed E-state index contributed by atoms with van der Waals surface area (Å²) in [6.45, 7) is -0.896. The Labute approximate surface area is 43.6 Å². The fourth-order valence-electron chi connectivity index (χ4n) is 0.144. The number of nitrogens with zero attached hydrogens (tertiary/aromatic N) is 1. The largest absolute Gasteiger partial charge is 0.261 e. The highest BCUT2D eigenvalue weighted by atomic mass is 19.3. The van der Waals surface area contributed by atoms with Gasteiger partial charge in [0.25, 0.3) is 6.43 Å². The van der Waals surface area contributed by atoms with E-state index in [2.05, 4.69) is 0 Å². The quantitative estimate of drug-likeness (QED) is 0.428. The lowest BCUT2D eigenvalue weighted by Gasteiger charge is -1.92. The third kappa shape index (κ3) is 5.06. The Bertz CT molecular complexity index is 86.1. The summed E-state index contributed by atoms with van der Waals surface area (Å²) >= 11 is 0. The number of halogens is 2. The Morgan fingerprint density at radius 2 is 2.25 bits per heavy atom. The standard InChI is InChI=1S/C2H4F2N2O2/c3-2(4)1-5-6(7)8/h2,5H,1H2. The fourth-order valence-corrected chi connectivity index (χ4v) is 0.144. The smallest absolute Gasteiger partial charge is 0.235 e. The van der Waals surface area contributed by atoms with Crippen LogP contribution in [-0.2, 0) is 0 Å². The van der Waals surface area contributed by atoms with Crippen LogP contribution in [0.1, 0.15) is 0 Å². The second-order valence-electron chi connectivity index (χ2n) is 1.01. The van der Waals surface area contributed by atoms with Crippen LogP contribution in [0, 0.1) is 10.1 Å². The Balaban J connectivity index is 3.05. The van der Waals surface area contributed by atoms with E-state index in [9.17, 15) is 18.9 Å². The van der Waals surface area contributed by atoms with Crippen molar-refractivity contribution in [2.45, 2.75) is 6.43 Å². The van der Waals surface area contributed by atoms with Crippen LogP contribution < -0.4 is 5.43 Å². The average molecular weight is 126 g/mol. The van der Waals surface area contributed by atoms with Crippen LogP contribution in [0.3, 0.4) is 0 Å². The summed E-state index contributed by atoms with van der Waals surface area (Å²) in [6.07, 6.45) is -2.67. The summed E-state index contributed by atoms with van der Waals surface area (Å²) in [7, 11) is 0. The van der Waals surface area contributed by atoms with Crippen LogP contribution >= 0.6 is 0 Å².